The number of aliphatic hydroxyl groups excluding tert-OH is 3. The first-order chi connectivity index (χ1) is 29.1. The Labute approximate surface area is 367 Å². The first-order valence-electron chi connectivity index (χ1n) is 25.6. The lowest BCUT2D eigenvalue weighted by Gasteiger charge is -2.21. The SMILES string of the molecule is CCCCCCCCC/C=C/CC/C=C/CC/C=C/C(O)C(CO)NC(=O)C(O)CCCCCCCCCCCCCC/C=C\C/C=C\CCCCCCCCCCC. The average Bonchev–Trinajstić information content (AvgIpc) is 3.24. The Morgan fingerprint density at radius 1 is 0.424 bits per heavy atom. The van der Waals surface area contributed by atoms with E-state index in [2.05, 4.69) is 67.8 Å². The van der Waals surface area contributed by atoms with E-state index in [9.17, 15) is 20.1 Å². The molecule has 0 bridgehead atoms. The highest BCUT2D eigenvalue weighted by molar-refractivity contribution is 5.80. The van der Waals surface area contributed by atoms with Crippen LogP contribution in [0, 0.1) is 0 Å². The van der Waals surface area contributed by atoms with Crippen molar-refractivity contribution >= 4 is 5.91 Å². The van der Waals surface area contributed by atoms with Gasteiger partial charge in [0.15, 0.2) is 0 Å². The molecular weight excluding hydrogens is 727 g/mol. The van der Waals surface area contributed by atoms with E-state index >= 15 is 0 Å². The van der Waals surface area contributed by atoms with Gasteiger partial charge < -0.3 is 20.6 Å². The van der Waals surface area contributed by atoms with Crippen molar-refractivity contribution in [2.75, 3.05) is 6.61 Å². The van der Waals surface area contributed by atoms with Crippen LogP contribution < -0.4 is 5.32 Å². The van der Waals surface area contributed by atoms with Gasteiger partial charge in [-0.25, -0.2) is 0 Å². The highest BCUT2D eigenvalue weighted by Crippen LogP contribution is 2.15. The smallest absolute Gasteiger partial charge is 0.249 e. The van der Waals surface area contributed by atoms with Gasteiger partial charge >= 0.3 is 0 Å². The minimum absolute atomic E-state index is 0.383. The number of hydrogen-bond acceptors (Lipinski definition) is 4. The summed E-state index contributed by atoms with van der Waals surface area (Å²) in [4.78, 5) is 12.5. The summed E-state index contributed by atoms with van der Waals surface area (Å²) in [5.41, 5.74) is 0. The van der Waals surface area contributed by atoms with E-state index in [1.54, 1.807) is 6.08 Å². The molecule has 0 aromatic heterocycles. The average molecular weight is 826 g/mol. The van der Waals surface area contributed by atoms with Crippen LogP contribution in [-0.4, -0.2) is 46.1 Å². The van der Waals surface area contributed by atoms with E-state index < -0.39 is 24.2 Å². The lowest BCUT2D eigenvalue weighted by molar-refractivity contribution is -0.131. The highest BCUT2D eigenvalue weighted by atomic mass is 16.3. The topological polar surface area (TPSA) is 89.8 Å². The van der Waals surface area contributed by atoms with Gasteiger partial charge in [-0.2, -0.15) is 0 Å². The summed E-state index contributed by atoms with van der Waals surface area (Å²) in [6, 6.07) is -0.824. The minimum atomic E-state index is -1.11. The lowest BCUT2D eigenvalue weighted by atomic mass is 10.0. The zero-order valence-corrected chi connectivity index (χ0v) is 39.1. The molecular formula is C54H99NO4. The molecule has 0 radical (unpaired) electrons. The molecule has 59 heavy (non-hydrogen) atoms. The zero-order chi connectivity index (χ0) is 43.0. The van der Waals surface area contributed by atoms with Crippen LogP contribution in [0.15, 0.2) is 60.8 Å². The standard InChI is InChI=1S/C54H99NO4/c1-3-5-7-9-11-13-15-17-19-21-22-23-24-25-26-27-28-29-30-31-33-35-37-39-41-43-45-47-49-53(58)54(59)55-51(50-56)52(57)48-46-44-42-40-38-36-34-32-20-18-16-14-12-10-8-6-4-2/h20,22-23,25-26,32,38,40,46,48,51-53,56-58H,3-19,21,24,27-31,33-37,39,41-45,47,49-50H2,1-2H3,(H,55,59)/b23-22-,26-25-,32-20+,40-38+,48-46+. The van der Waals surface area contributed by atoms with E-state index in [1.165, 1.54) is 180 Å². The molecule has 344 valence electrons. The van der Waals surface area contributed by atoms with Gasteiger partial charge in [0.1, 0.15) is 6.10 Å². The van der Waals surface area contributed by atoms with E-state index in [-0.39, 0.29) is 6.61 Å². The molecule has 3 atom stereocenters. The Hall–Kier alpha value is -1.95. The lowest BCUT2D eigenvalue weighted by Crippen LogP contribution is -2.48. The second-order valence-corrected chi connectivity index (χ2v) is 17.4. The largest absolute Gasteiger partial charge is 0.394 e. The minimum Gasteiger partial charge on any atom is -0.394 e. The van der Waals surface area contributed by atoms with Crippen molar-refractivity contribution in [3.63, 3.8) is 0 Å². The van der Waals surface area contributed by atoms with Gasteiger partial charge in [-0.1, -0.05) is 235 Å². The summed E-state index contributed by atoms with van der Waals surface area (Å²) in [7, 11) is 0. The number of unbranched alkanes of at least 4 members (excludes halogenated alkanes) is 30. The Kier molecular flexibility index (Phi) is 47.1. The van der Waals surface area contributed by atoms with Crippen LogP contribution in [0.4, 0.5) is 0 Å². The van der Waals surface area contributed by atoms with Crippen LogP contribution >= 0.6 is 0 Å². The van der Waals surface area contributed by atoms with Crippen LogP contribution in [0.2, 0.25) is 0 Å². The van der Waals surface area contributed by atoms with Crippen LogP contribution in [0.25, 0.3) is 0 Å². The van der Waals surface area contributed by atoms with Crippen molar-refractivity contribution in [3.05, 3.63) is 60.8 Å². The maximum Gasteiger partial charge on any atom is 0.249 e. The molecule has 0 saturated heterocycles. The molecule has 0 aliphatic carbocycles. The Bertz CT molecular complexity index is 1000. The fourth-order valence-corrected chi connectivity index (χ4v) is 7.54. The van der Waals surface area contributed by atoms with E-state index in [0.29, 0.717) is 6.42 Å². The van der Waals surface area contributed by atoms with Gasteiger partial charge in [0.05, 0.1) is 18.8 Å². The van der Waals surface area contributed by atoms with E-state index in [1.807, 2.05) is 6.08 Å². The van der Waals surface area contributed by atoms with Crippen molar-refractivity contribution in [2.24, 2.45) is 0 Å². The number of allylic oxidation sites excluding steroid dienone is 9. The van der Waals surface area contributed by atoms with Gasteiger partial charge in [-0.05, 0) is 77.0 Å². The zero-order valence-electron chi connectivity index (χ0n) is 39.1. The van der Waals surface area contributed by atoms with Gasteiger partial charge in [0.2, 0.25) is 5.91 Å². The molecule has 0 heterocycles. The molecule has 0 rings (SSSR count). The Morgan fingerprint density at radius 2 is 0.746 bits per heavy atom. The van der Waals surface area contributed by atoms with Crippen LogP contribution in [0.5, 0.6) is 0 Å². The molecule has 5 heteroatoms. The van der Waals surface area contributed by atoms with Crippen LogP contribution in [0.3, 0.4) is 0 Å². The van der Waals surface area contributed by atoms with Crippen molar-refractivity contribution in [1.82, 2.24) is 5.32 Å². The Morgan fingerprint density at radius 3 is 1.14 bits per heavy atom. The molecule has 1 amide bonds. The molecule has 0 aromatic rings. The predicted molar refractivity (Wildman–Crippen MR) is 259 cm³/mol. The van der Waals surface area contributed by atoms with Gasteiger partial charge in [-0.15, -0.1) is 0 Å². The fourth-order valence-electron chi connectivity index (χ4n) is 7.54. The molecule has 3 unspecified atom stereocenters. The van der Waals surface area contributed by atoms with Crippen molar-refractivity contribution in [3.8, 4) is 0 Å². The third kappa shape index (κ3) is 43.9. The number of aliphatic hydroxyl groups is 3. The van der Waals surface area contributed by atoms with Gasteiger partial charge in [-0.3, -0.25) is 4.79 Å². The van der Waals surface area contributed by atoms with Crippen LogP contribution in [0.1, 0.15) is 251 Å². The van der Waals surface area contributed by atoms with Crippen LogP contribution in [-0.2, 0) is 4.79 Å². The molecule has 0 aliphatic rings. The summed E-state index contributed by atoms with van der Waals surface area (Å²) >= 11 is 0. The highest BCUT2D eigenvalue weighted by Gasteiger charge is 2.22. The number of carbonyl (C=O) groups is 1. The third-order valence-corrected chi connectivity index (χ3v) is 11.6. The fraction of sp³-hybridized carbons (Fsp3) is 0.796. The molecule has 5 nitrogen and oxygen atoms in total. The van der Waals surface area contributed by atoms with Crippen molar-refractivity contribution in [2.45, 2.75) is 270 Å². The summed E-state index contributed by atoms with van der Waals surface area (Å²) in [6.45, 7) is 4.17. The maximum absolute atomic E-state index is 12.5. The number of hydrogen-bond donors (Lipinski definition) is 4. The summed E-state index contributed by atoms with van der Waals surface area (Å²) in [6.07, 6.45) is 65.6. The second-order valence-electron chi connectivity index (χ2n) is 17.4. The molecule has 0 aliphatic heterocycles. The monoisotopic (exact) mass is 826 g/mol. The molecule has 4 N–H and O–H groups in total. The number of nitrogens with one attached hydrogen (secondary N) is 1. The number of rotatable bonds is 46. The third-order valence-electron chi connectivity index (χ3n) is 11.6. The first kappa shape index (κ1) is 57.1. The summed E-state index contributed by atoms with van der Waals surface area (Å²) < 4.78 is 0. The maximum atomic E-state index is 12.5. The van der Waals surface area contributed by atoms with Crippen molar-refractivity contribution < 1.29 is 20.1 Å². The van der Waals surface area contributed by atoms with E-state index in [4.69, 9.17) is 0 Å². The van der Waals surface area contributed by atoms with E-state index in [0.717, 1.165) is 51.4 Å². The van der Waals surface area contributed by atoms with Gasteiger partial charge in [0, 0.05) is 0 Å². The first-order valence-corrected chi connectivity index (χ1v) is 25.6. The normalized spacial score (nSPS) is 13.9. The predicted octanol–water partition coefficient (Wildman–Crippen LogP) is 15.4. The number of amides is 1. The molecule has 0 aromatic carbocycles. The molecule has 0 saturated carbocycles. The van der Waals surface area contributed by atoms with Gasteiger partial charge in [0.25, 0.3) is 0 Å². The molecule has 0 fully saturated rings. The second kappa shape index (κ2) is 48.7. The van der Waals surface area contributed by atoms with Crippen molar-refractivity contribution in [1.29, 1.82) is 0 Å². The number of carbonyl (C=O) groups excluding carboxylic acids is 1. The Balaban J connectivity index is 3.66. The molecule has 0 spiro atoms. The quantitative estimate of drug-likeness (QED) is 0.0363. The summed E-state index contributed by atoms with van der Waals surface area (Å²) in [5, 5.41) is 33.2. The summed E-state index contributed by atoms with van der Waals surface area (Å²) in [5.74, 6) is -0.519.